The minimum Gasteiger partial charge on any atom is -1.00 e. The number of halogens is 4. The van der Waals surface area contributed by atoms with E-state index in [2.05, 4.69) is 144 Å². The van der Waals surface area contributed by atoms with E-state index in [0.29, 0.717) is 0 Å². The van der Waals surface area contributed by atoms with E-state index in [1.165, 1.54) is 69.7 Å². The molecule has 6 rings (SSSR count). The molecule has 0 fully saturated rings. The van der Waals surface area contributed by atoms with E-state index in [0.717, 1.165) is 0 Å². The monoisotopic (exact) mass is 1050 g/mol. The summed E-state index contributed by atoms with van der Waals surface area (Å²) in [6, 6.07) is 60.0. The fourth-order valence-electron chi connectivity index (χ4n) is 3.93. The first-order valence-electron chi connectivity index (χ1n) is 13.3. The van der Waals surface area contributed by atoms with Gasteiger partial charge in [-0.25, -0.2) is 8.78 Å². The Balaban J connectivity index is 0.000000937. The van der Waals surface area contributed by atoms with Crippen molar-refractivity contribution in [3.63, 3.8) is 0 Å². The molecule has 46 heavy (non-hydrogen) atoms. The van der Waals surface area contributed by atoms with Crippen LogP contribution in [0, 0.1) is 23.8 Å². The first kappa shape index (κ1) is 43.8. The van der Waals surface area contributed by atoms with Crippen LogP contribution in [0.15, 0.2) is 170 Å². The van der Waals surface area contributed by atoms with E-state index in [1.807, 2.05) is 0 Å². The Morgan fingerprint density at radius 3 is 0.826 bits per heavy atom. The summed E-state index contributed by atoms with van der Waals surface area (Å²) in [6.07, 6.45) is 0. The maximum Gasteiger partial charge on any atom is 3.00 e. The predicted molar refractivity (Wildman–Crippen MR) is 176 cm³/mol. The molecule has 6 aromatic rings. The molecule has 0 amide bonds. The van der Waals surface area contributed by atoms with Crippen molar-refractivity contribution in [1.82, 2.24) is 0 Å². The van der Waals surface area contributed by atoms with E-state index in [1.54, 1.807) is 0 Å². The molecule has 1 radical (unpaired) electrons. The van der Waals surface area contributed by atoms with Crippen molar-refractivity contribution in [3.05, 3.63) is 194 Å². The Kier molecular flexibility index (Phi) is 23.7. The molecular weight excluding hydrogens is 1020 g/mol. The van der Waals surface area contributed by atoms with Gasteiger partial charge in [-0.1, -0.05) is 72.8 Å². The molecule has 0 heterocycles. The van der Waals surface area contributed by atoms with Crippen LogP contribution in [0.4, 0.5) is 8.78 Å². The van der Waals surface area contributed by atoms with Crippen LogP contribution in [0.5, 0.6) is 0 Å². The van der Waals surface area contributed by atoms with Crippen LogP contribution >= 0.6 is 16.1 Å². The van der Waals surface area contributed by atoms with E-state index < -0.39 is 16.1 Å². The van der Waals surface area contributed by atoms with E-state index in [4.69, 9.17) is 0 Å². The summed E-state index contributed by atoms with van der Waals surface area (Å²) in [5, 5.41) is 5.27. The van der Waals surface area contributed by atoms with Crippen molar-refractivity contribution in [2.45, 2.75) is 0 Å². The fourth-order valence-corrected chi connectivity index (χ4v) is 9.37. The Morgan fingerprint density at radius 1 is 0.435 bits per heavy atom. The quantitative estimate of drug-likeness (QED) is 0.104. The topological polar surface area (TPSA) is 3.01 Å². The summed E-state index contributed by atoms with van der Waals surface area (Å²) in [5.74, 6) is -0.419. The predicted octanol–water partition coefficient (Wildman–Crippen LogP) is 2.05. The molecular formula is C37H30Au2Cl2F2NP2. The molecule has 0 aliphatic heterocycles. The summed E-state index contributed by atoms with van der Waals surface area (Å²) < 4.78 is 26.1. The maximum atomic E-state index is 11.9. The van der Waals surface area contributed by atoms with Crippen LogP contribution < -0.4 is 46.0 Å². The summed E-state index contributed by atoms with van der Waals surface area (Å²) in [5.41, 5.74) is 0. The molecule has 6 aromatic carbocycles. The van der Waals surface area contributed by atoms with Crippen LogP contribution in [0.25, 0.3) is 0 Å². The third kappa shape index (κ3) is 14.3. The van der Waals surface area contributed by atoms with Gasteiger partial charge in [-0.3, -0.25) is 0 Å². The number of rotatable bonds is 6. The summed E-state index contributed by atoms with van der Waals surface area (Å²) >= 11 is 0. The average molecular weight is 1050 g/mol. The minimum atomic E-state index is -0.748. The second-order valence-electron chi connectivity index (χ2n) is 8.77. The third-order valence-electron chi connectivity index (χ3n) is 5.82. The van der Waals surface area contributed by atoms with Gasteiger partial charge in [0.1, 0.15) is 6.72 Å². The Hall–Kier alpha value is -2.23. The molecule has 0 aliphatic carbocycles. The number of hydrogen-bond donors (Lipinski definition) is 0. The van der Waals surface area contributed by atoms with Crippen molar-refractivity contribution in [2.24, 2.45) is 0 Å². The van der Waals surface area contributed by atoms with Crippen molar-refractivity contribution in [3.8, 4) is 0 Å². The maximum absolute atomic E-state index is 11.9. The number of benzene rings is 6. The fraction of sp³-hybridized carbons (Fsp3) is 0. The van der Waals surface area contributed by atoms with Crippen LogP contribution in [-0.4, -0.2) is 10.8 Å². The second-order valence-corrected chi connectivity index (χ2v) is 13.4. The third-order valence-corrected chi connectivity index (χ3v) is 11.0. The van der Waals surface area contributed by atoms with Crippen LogP contribution in [0.1, 0.15) is 0 Å². The molecule has 0 bridgehead atoms. The number of hydrogen-bond acceptors (Lipinski definition) is 0. The van der Waals surface area contributed by atoms with Gasteiger partial charge in [-0.15, -0.1) is 24.3 Å². The second kappa shape index (κ2) is 24.9. The zero-order valence-corrected chi connectivity index (χ0v) is 32.0. The minimum absolute atomic E-state index is 0. The zero-order valence-electron chi connectivity index (χ0n) is 24.3. The van der Waals surface area contributed by atoms with Crippen LogP contribution in [0.2, 0.25) is 0 Å². The van der Waals surface area contributed by atoms with E-state index in [-0.39, 0.29) is 81.2 Å². The van der Waals surface area contributed by atoms with Crippen molar-refractivity contribution >= 4 is 44.1 Å². The van der Waals surface area contributed by atoms with Crippen molar-refractivity contribution < 1.29 is 82.5 Å². The molecule has 243 valence electrons. The summed E-state index contributed by atoms with van der Waals surface area (Å²) in [7, 11) is -1.50. The molecule has 0 aromatic heterocycles. The van der Waals surface area contributed by atoms with Gasteiger partial charge in [0, 0.05) is 55.2 Å². The van der Waals surface area contributed by atoms with Crippen molar-refractivity contribution in [1.29, 1.82) is 0 Å². The van der Waals surface area contributed by atoms with Gasteiger partial charge in [0.15, 0.2) is 0 Å². The molecule has 0 saturated carbocycles. The van der Waals surface area contributed by atoms with Gasteiger partial charge in [0.25, 0.3) is 0 Å². The average Bonchev–Trinajstić information content (AvgIpc) is 3.05. The molecule has 0 spiro atoms. The normalized spacial score (nSPS) is 9.30. The van der Waals surface area contributed by atoms with E-state index in [9.17, 15) is 8.78 Å². The van der Waals surface area contributed by atoms with Crippen molar-refractivity contribution in [2.75, 3.05) is 0 Å². The van der Waals surface area contributed by atoms with Gasteiger partial charge < -0.3 is 24.8 Å². The van der Waals surface area contributed by atoms with Gasteiger partial charge in [0.2, 0.25) is 16.1 Å². The Bertz CT molecular complexity index is 1410. The molecule has 0 unspecified atom stereocenters. The number of nitrogens with zero attached hydrogens (tertiary/aromatic N) is 1. The molecule has 0 atom stereocenters. The first-order chi connectivity index (χ1) is 20.6. The smallest absolute Gasteiger partial charge is 1.00 e. The van der Waals surface area contributed by atoms with Gasteiger partial charge in [-0.2, -0.15) is 40.5 Å². The summed E-state index contributed by atoms with van der Waals surface area (Å²) in [4.78, 5) is 0. The largest absolute Gasteiger partial charge is 3.00 e. The first-order valence-corrected chi connectivity index (χ1v) is 15.9. The van der Waals surface area contributed by atoms with Gasteiger partial charge in [-0.05, 0) is 48.5 Å². The van der Waals surface area contributed by atoms with Gasteiger partial charge in [0.05, 0.1) is 0 Å². The van der Waals surface area contributed by atoms with E-state index >= 15 is 0 Å². The Labute approximate surface area is 317 Å². The standard InChI is InChI=1S/C25H22NP2.2C6H4F.2Au.2ClH/c1-26(27(22-14-6-2-7-15-22)23-16-8-3-9-17-23)28(24-18-10-4-11-19-24)25-20-12-5-13-21-25;2*7-6-4-2-1-3-5-6;;;;/h2-21H,1H2;2*2-5H;;;2*1H/q+1;2*-1;;+3;;/p-2. The zero-order chi connectivity index (χ0) is 29.4. The van der Waals surface area contributed by atoms with Crippen LogP contribution in [-0.2, 0) is 44.8 Å². The molecule has 0 aliphatic rings. The summed E-state index contributed by atoms with van der Waals surface area (Å²) in [6.45, 7) is 4.64. The molecule has 9 heteroatoms. The van der Waals surface area contributed by atoms with Crippen LogP contribution in [0.3, 0.4) is 0 Å². The molecule has 0 saturated heterocycles. The molecule has 0 N–H and O–H groups in total. The SMILES string of the molecule is C=[N+](P(c1ccccc1)c1ccccc1)P(c1ccccc1)c1ccccc1.Fc1cc[c-]cc1.Fc1cc[c-]cc1.[Au+3].[Au].[Cl-].[Cl-]. The Morgan fingerprint density at radius 2 is 0.652 bits per heavy atom. The van der Waals surface area contributed by atoms with Gasteiger partial charge >= 0.3 is 22.4 Å². The molecule has 1 nitrogen and oxygen atoms in total.